The van der Waals surface area contributed by atoms with Crippen LogP contribution in [0.1, 0.15) is 5.56 Å². The van der Waals surface area contributed by atoms with E-state index in [2.05, 4.69) is 15.5 Å². The van der Waals surface area contributed by atoms with Crippen LogP contribution in [0.4, 0.5) is 10.9 Å². The highest BCUT2D eigenvalue weighted by Gasteiger charge is 2.03. The number of thiazole rings is 1. The van der Waals surface area contributed by atoms with Gasteiger partial charge in [0.2, 0.25) is 5.13 Å². The van der Waals surface area contributed by atoms with Crippen molar-refractivity contribution in [2.75, 3.05) is 18.3 Å². The third kappa shape index (κ3) is 4.02. The summed E-state index contributed by atoms with van der Waals surface area (Å²) >= 11 is 1.39. The summed E-state index contributed by atoms with van der Waals surface area (Å²) in [5.41, 5.74) is 9.25. The zero-order valence-electron chi connectivity index (χ0n) is 13.0. The molecule has 0 fully saturated rings. The fourth-order valence-corrected chi connectivity index (χ4v) is 2.49. The van der Waals surface area contributed by atoms with Gasteiger partial charge in [0.1, 0.15) is 23.1 Å². The van der Waals surface area contributed by atoms with Crippen LogP contribution in [0.3, 0.4) is 0 Å². The Hall–Kier alpha value is -3.06. The van der Waals surface area contributed by atoms with Crippen molar-refractivity contribution < 1.29 is 9.47 Å². The fourth-order valence-electron chi connectivity index (χ4n) is 1.95. The number of ether oxygens (including phenoxy) is 2. The highest BCUT2D eigenvalue weighted by atomic mass is 32.1. The van der Waals surface area contributed by atoms with Crippen LogP contribution in [-0.2, 0) is 0 Å². The average molecular weight is 340 g/mol. The van der Waals surface area contributed by atoms with Gasteiger partial charge in [-0.25, -0.2) is 4.98 Å². The van der Waals surface area contributed by atoms with Crippen molar-refractivity contribution in [3.63, 3.8) is 0 Å². The molecule has 122 valence electrons. The highest BCUT2D eigenvalue weighted by Crippen LogP contribution is 2.26. The normalized spacial score (nSPS) is 10.7. The third-order valence-electron chi connectivity index (χ3n) is 3.09. The number of nitrogens with zero attached hydrogens (tertiary/aromatic N) is 2. The summed E-state index contributed by atoms with van der Waals surface area (Å²) in [5, 5.41) is 6.56. The van der Waals surface area contributed by atoms with Gasteiger partial charge in [-0.2, -0.15) is 5.10 Å². The van der Waals surface area contributed by atoms with Crippen molar-refractivity contribution in [2.45, 2.75) is 0 Å². The van der Waals surface area contributed by atoms with Crippen LogP contribution in [0.25, 0.3) is 0 Å². The predicted molar refractivity (Wildman–Crippen MR) is 97.3 cm³/mol. The molecule has 7 heteroatoms. The number of anilines is 2. The molecule has 0 aliphatic rings. The summed E-state index contributed by atoms with van der Waals surface area (Å²) < 4.78 is 11.0. The molecule has 0 saturated heterocycles. The van der Waals surface area contributed by atoms with Gasteiger partial charge in [-0.3, -0.25) is 5.43 Å². The summed E-state index contributed by atoms with van der Waals surface area (Å²) in [6, 6.07) is 15.0. The molecule has 1 heterocycles. The average Bonchev–Trinajstić information content (AvgIpc) is 3.02. The van der Waals surface area contributed by atoms with E-state index in [-0.39, 0.29) is 0 Å². The van der Waals surface area contributed by atoms with Crippen molar-refractivity contribution in [3.8, 4) is 17.2 Å². The predicted octanol–water partition coefficient (Wildman–Crippen LogP) is 3.97. The second-order valence-corrected chi connectivity index (χ2v) is 5.62. The van der Waals surface area contributed by atoms with Gasteiger partial charge in [-0.15, -0.1) is 11.3 Å². The van der Waals surface area contributed by atoms with Gasteiger partial charge < -0.3 is 15.2 Å². The minimum atomic E-state index is 0.473. The van der Waals surface area contributed by atoms with Gasteiger partial charge in [0.05, 0.1) is 13.3 Å². The highest BCUT2D eigenvalue weighted by molar-refractivity contribution is 7.14. The molecule has 0 bridgehead atoms. The van der Waals surface area contributed by atoms with Gasteiger partial charge in [-0.1, -0.05) is 12.1 Å². The van der Waals surface area contributed by atoms with Gasteiger partial charge in [-0.05, 0) is 36.4 Å². The molecule has 0 atom stereocenters. The first kappa shape index (κ1) is 15.8. The Bertz CT molecular complexity index is 831. The van der Waals surface area contributed by atoms with Crippen LogP contribution in [-0.4, -0.2) is 18.3 Å². The van der Waals surface area contributed by atoms with Gasteiger partial charge in [0, 0.05) is 10.9 Å². The molecule has 0 unspecified atom stereocenters. The maximum atomic E-state index is 5.91. The van der Waals surface area contributed by atoms with E-state index in [1.54, 1.807) is 18.7 Å². The number of rotatable bonds is 6. The van der Waals surface area contributed by atoms with E-state index in [9.17, 15) is 0 Å². The second kappa shape index (κ2) is 7.47. The Morgan fingerprint density at radius 3 is 2.58 bits per heavy atom. The zero-order chi connectivity index (χ0) is 16.8. The van der Waals surface area contributed by atoms with E-state index in [1.165, 1.54) is 11.3 Å². The summed E-state index contributed by atoms with van der Waals surface area (Å²) in [5.74, 6) is 2.68. The number of hydrogen-bond donors (Lipinski definition) is 2. The number of hydrazone groups is 1. The van der Waals surface area contributed by atoms with Crippen LogP contribution >= 0.6 is 11.3 Å². The molecule has 1 aromatic heterocycles. The van der Waals surface area contributed by atoms with Gasteiger partial charge in [0.15, 0.2) is 0 Å². The van der Waals surface area contributed by atoms with Crippen molar-refractivity contribution >= 4 is 28.5 Å². The van der Waals surface area contributed by atoms with Crippen LogP contribution < -0.4 is 20.6 Å². The molecule has 2 aromatic carbocycles. The Balaban J connectivity index is 1.72. The van der Waals surface area contributed by atoms with Gasteiger partial charge >= 0.3 is 0 Å². The molecule has 0 spiro atoms. The Kier molecular flexibility index (Phi) is 4.93. The second-order valence-electron chi connectivity index (χ2n) is 4.76. The smallest absolute Gasteiger partial charge is 0.205 e. The van der Waals surface area contributed by atoms with Crippen LogP contribution in [0.5, 0.6) is 17.2 Å². The van der Waals surface area contributed by atoms with E-state index >= 15 is 0 Å². The molecule has 3 N–H and O–H groups in total. The molecule has 0 saturated carbocycles. The standard InChI is InChI=1S/C17H16N4O2S/c1-22-13-6-8-14(9-7-13)23-15-5-3-2-4-12(15)10-19-21-17-20-16(18)11-24-17/h2-11H,18H2,1H3,(H,20,21). The quantitative estimate of drug-likeness (QED) is 0.524. The number of nitrogen functional groups attached to an aromatic ring is 1. The molecule has 24 heavy (non-hydrogen) atoms. The maximum absolute atomic E-state index is 5.91. The molecule has 3 rings (SSSR count). The first-order valence-electron chi connectivity index (χ1n) is 7.15. The molecule has 0 radical (unpaired) electrons. The number of benzene rings is 2. The number of nitrogens with two attached hydrogens (primary N) is 1. The zero-order valence-corrected chi connectivity index (χ0v) is 13.8. The first-order chi connectivity index (χ1) is 11.7. The molecule has 3 aromatic rings. The lowest BCUT2D eigenvalue weighted by Gasteiger charge is -2.09. The van der Waals surface area contributed by atoms with E-state index in [4.69, 9.17) is 15.2 Å². The Morgan fingerprint density at radius 2 is 1.88 bits per heavy atom. The third-order valence-corrected chi connectivity index (χ3v) is 3.86. The van der Waals surface area contributed by atoms with Crippen molar-refractivity contribution in [1.29, 1.82) is 0 Å². The summed E-state index contributed by atoms with van der Waals surface area (Å²) in [6.45, 7) is 0. The number of aromatic nitrogens is 1. The molecule has 0 aliphatic carbocycles. The molecule has 6 nitrogen and oxygen atoms in total. The number of para-hydroxylation sites is 1. The van der Waals surface area contributed by atoms with E-state index in [0.717, 1.165) is 17.1 Å². The summed E-state index contributed by atoms with van der Waals surface area (Å²) in [4.78, 5) is 4.08. The van der Waals surface area contributed by atoms with Crippen molar-refractivity contribution in [2.24, 2.45) is 5.10 Å². The number of hydrogen-bond acceptors (Lipinski definition) is 7. The van der Waals surface area contributed by atoms with Crippen molar-refractivity contribution in [1.82, 2.24) is 4.98 Å². The molecular weight excluding hydrogens is 324 g/mol. The van der Waals surface area contributed by atoms with E-state index in [0.29, 0.717) is 16.7 Å². The molecule has 0 aliphatic heterocycles. The summed E-state index contributed by atoms with van der Waals surface area (Å²) in [6.07, 6.45) is 1.68. The first-order valence-corrected chi connectivity index (χ1v) is 8.03. The minimum Gasteiger partial charge on any atom is -0.497 e. The van der Waals surface area contributed by atoms with E-state index < -0.39 is 0 Å². The largest absolute Gasteiger partial charge is 0.497 e. The Labute approximate surface area is 143 Å². The molecule has 0 amide bonds. The van der Waals surface area contributed by atoms with Gasteiger partial charge in [0.25, 0.3) is 0 Å². The van der Waals surface area contributed by atoms with E-state index in [1.807, 2.05) is 48.5 Å². The SMILES string of the molecule is COc1ccc(Oc2ccccc2C=NNc2nc(N)cs2)cc1. The minimum absolute atomic E-state index is 0.473. The number of methoxy groups -OCH3 is 1. The lowest BCUT2D eigenvalue weighted by atomic mass is 10.2. The lowest BCUT2D eigenvalue weighted by molar-refractivity contribution is 0.413. The summed E-state index contributed by atoms with van der Waals surface area (Å²) in [7, 11) is 1.63. The van der Waals surface area contributed by atoms with Crippen LogP contribution in [0.2, 0.25) is 0 Å². The van der Waals surface area contributed by atoms with Crippen LogP contribution in [0, 0.1) is 0 Å². The monoisotopic (exact) mass is 340 g/mol. The van der Waals surface area contributed by atoms with Crippen LogP contribution in [0.15, 0.2) is 59.0 Å². The molecular formula is C17H16N4O2S. The number of nitrogens with one attached hydrogen (secondary N) is 1. The Morgan fingerprint density at radius 1 is 1.12 bits per heavy atom. The maximum Gasteiger partial charge on any atom is 0.205 e. The lowest BCUT2D eigenvalue weighted by Crippen LogP contribution is -1.94. The fraction of sp³-hybridized carbons (Fsp3) is 0.0588. The topological polar surface area (TPSA) is 81.8 Å². The van der Waals surface area contributed by atoms with Crippen molar-refractivity contribution in [3.05, 3.63) is 59.5 Å².